The van der Waals surface area contributed by atoms with Gasteiger partial charge in [-0.25, -0.2) is 4.98 Å². The van der Waals surface area contributed by atoms with Crippen LogP contribution in [0.1, 0.15) is 56.1 Å². The van der Waals surface area contributed by atoms with Crippen LogP contribution in [-0.4, -0.2) is 64.8 Å². The van der Waals surface area contributed by atoms with Crippen molar-refractivity contribution in [2.45, 2.75) is 63.6 Å². The van der Waals surface area contributed by atoms with E-state index < -0.39 is 0 Å². The molecular weight excluding hydrogens is 510 g/mol. The molecule has 9 heteroatoms. The van der Waals surface area contributed by atoms with Crippen molar-refractivity contribution in [3.05, 3.63) is 46.6 Å². The van der Waals surface area contributed by atoms with Crippen molar-refractivity contribution in [2.75, 3.05) is 43.4 Å². The van der Waals surface area contributed by atoms with E-state index in [2.05, 4.69) is 36.9 Å². The second kappa shape index (κ2) is 11.6. The topological polar surface area (TPSA) is 109 Å². The van der Waals surface area contributed by atoms with Crippen LogP contribution >= 0.6 is 11.6 Å². The van der Waals surface area contributed by atoms with Crippen molar-refractivity contribution < 1.29 is 5.11 Å². The van der Waals surface area contributed by atoms with Gasteiger partial charge in [0.25, 0.3) is 0 Å². The molecular formula is C30H40ClN7O. The van der Waals surface area contributed by atoms with Gasteiger partial charge in [0.1, 0.15) is 17.5 Å². The minimum Gasteiger partial charge on any atom is -0.393 e. The number of aromatic nitrogens is 2. The van der Waals surface area contributed by atoms with Gasteiger partial charge in [0.05, 0.1) is 12.3 Å². The predicted molar refractivity (Wildman–Crippen MR) is 153 cm³/mol. The molecule has 0 amide bonds. The number of likely N-dealkylation sites (tertiary alicyclic amines) is 1. The van der Waals surface area contributed by atoms with E-state index in [1.54, 1.807) is 6.20 Å². The summed E-state index contributed by atoms with van der Waals surface area (Å²) in [6.07, 6.45) is 9.77. The molecule has 1 aromatic carbocycles. The molecule has 4 aliphatic carbocycles. The summed E-state index contributed by atoms with van der Waals surface area (Å²) in [6.45, 7) is 5.53. The Morgan fingerprint density at radius 3 is 2.62 bits per heavy atom. The Balaban J connectivity index is 1.05. The second-order valence-corrected chi connectivity index (χ2v) is 12.8. The maximum Gasteiger partial charge on any atom is 0.224 e. The number of nitrogens with zero attached hydrogens (tertiary/aromatic N) is 4. The Hall–Kier alpha value is -2.44. The van der Waals surface area contributed by atoms with Crippen molar-refractivity contribution in [3.63, 3.8) is 0 Å². The smallest absolute Gasteiger partial charge is 0.224 e. The van der Waals surface area contributed by atoms with E-state index in [1.165, 1.54) is 32.1 Å². The van der Waals surface area contributed by atoms with Crippen molar-refractivity contribution in [3.8, 4) is 6.07 Å². The van der Waals surface area contributed by atoms with E-state index >= 15 is 0 Å². The third kappa shape index (κ3) is 6.02. The third-order valence-electron chi connectivity index (χ3n) is 9.70. The van der Waals surface area contributed by atoms with Gasteiger partial charge in [-0.15, -0.1) is 0 Å². The lowest BCUT2D eigenvalue weighted by Gasteiger charge is -2.60. The zero-order valence-corrected chi connectivity index (χ0v) is 23.3. The van der Waals surface area contributed by atoms with Crippen LogP contribution in [0.15, 0.2) is 30.5 Å². The van der Waals surface area contributed by atoms with Crippen molar-refractivity contribution >= 4 is 23.4 Å². The van der Waals surface area contributed by atoms with Gasteiger partial charge in [0.2, 0.25) is 5.95 Å². The van der Waals surface area contributed by atoms with Gasteiger partial charge in [-0.05, 0) is 79.7 Å². The molecule has 1 aromatic heterocycles. The standard InChI is InChI=1S/C30H40ClN7O/c31-26-4-2-1-3-21(26)17-34-29-35-18-24(16-32)28(37-29)36-19-30-13-20-11-22(14-30)27(23(12-20)15-30)33-7-10-38-8-5-25(39)6-9-38/h1-4,18,20,22-23,25,27,33,39H,5-15,17,19H2,(H2,34,35,36,37)/t20?,22-,23+,27?,30?. The number of halogens is 1. The maximum absolute atomic E-state index is 9.78. The summed E-state index contributed by atoms with van der Waals surface area (Å²) in [4.78, 5) is 11.5. The average molecular weight is 550 g/mol. The highest BCUT2D eigenvalue weighted by Gasteiger charge is 2.55. The summed E-state index contributed by atoms with van der Waals surface area (Å²) in [5.41, 5.74) is 1.74. The minimum atomic E-state index is -0.105. The Morgan fingerprint density at radius 1 is 1.10 bits per heavy atom. The quantitative estimate of drug-likeness (QED) is 0.348. The fourth-order valence-electron chi connectivity index (χ4n) is 8.05. The first-order chi connectivity index (χ1) is 19.0. The normalized spacial score (nSPS) is 30.3. The molecule has 0 radical (unpaired) electrons. The van der Waals surface area contributed by atoms with E-state index in [9.17, 15) is 10.4 Å². The van der Waals surface area contributed by atoms with E-state index in [4.69, 9.17) is 11.6 Å². The highest BCUT2D eigenvalue weighted by atomic mass is 35.5. The zero-order chi connectivity index (χ0) is 26.8. The Morgan fingerprint density at radius 2 is 1.87 bits per heavy atom. The number of rotatable bonds is 10. The highest BCUT2D eigenvalue weighted by Crippen LogP contribution is 2.60. The van der Waals surface area contributed by atoms with Gasteiger partial charge < -0.3 is 26.0 Å². The van der Waals surface area contributed by atoms with Crippen LogP contribution in [0, 0.1) is 34.5 Å². The molecule has 7 rings (SSSR count). The number of aliphatic hydroxyl groups excluding tert-OH is 1. The molecule has 4 bridgehead atoms. The van der Waals surface area contributed by atoms with Crippen LogP contribution in [0.25, 0.3) is 0 Å². The van der Waals surface area contributed by atoms with Gasteiger partial charge in [-0.1, -0.05) is 29.8 Å². The molecule has 208 valence electrons. The fourth-order valence-corrected chi connectivity index (χ4v) is 8.25. The van der Waals surface area contributed by atoms with Gasteiger partial charge in [-0.2, -0.15) is 10.2 Å². The molecule has 5 fully saturated rings. The molecule has 2 heterocycles. The SMILES string of the molecule is N#Cc1cnc(NCc2ccccc2Cl)nc1NCC12CC3C[C@H](C1)C(NCCN1CCC(O)CC1)[C@@H](C3)C2. The molecule has 2 aromatic rings. The minimum absolute atomic E-state index is 0.105. The molecule has 0 spiro atoms. The lowest BCUT2D eigenvalue weighted by Crippen LogP contribution is -2.60. The van der Waals surface area contributed by atoms with Crippen molar-refractivity contribution in [1.82, 2.24) is 20.2 Å². The summed E-state index contributed by atoms with van der Waals surface area (Å²) in [5.74, 6) is 3.39. The zero-order valence-electron chi connectivity index (χ0n) is 22.6. The summed E-state index contributed by atoms with van der Waals surface area (Å²) >= 11 is 6.30. The van der Waals surface area contributed by atoms with E-state index in [0.29, 0.717) is 34.9 Å². The lowest BCUT2D eigenvalue weighted by atomic mass is 9.48. The number of aliphatic hydroxyl groups is 1. The molecule has 3 unspecified atom stereocenters. The van der Waals surface area contributed by atoms with Crippen LogP contribution < -0.4 is 16.0 Å². The first-order valence-corrected chi connectivity index (χ1v) is 15.0. The first-order valence-electron chi connectivity index (χ1n) is 14.6. The summed E-state index contributed by atoms with van der Waals surface area (Å²) in [7, 11) is 0. The second-order valence-electron chi connectivity index (χ2n) is 12.4. The Labute approximate surface area is 236 Å². The number of nitrogens with one attached hydrogen (secondary N) is 3. The van der Waals surface area contributed by atoms with Gasteiger partial charge in [-0.3, -0.25) is 0 Å². The molecule has 4 saturated carbocycles. The van der Waals surface area contributed by atoms with E-state index in [-0.39, 0.29) is 11.5 Å². The van der Waals surface area contributed by atoms with Crippen LogP contribution in [0.2, 0.25) is 5.02 Å². The fraction of sp³-hybridized carbons (Fsp3) is 0.633. The first kappa shape index (κ1) is 26.8. The predicted octanol–water partition coefficient (Wildman–Crippen LogP) is 4.27. The number of anilines is 2. The van der Waals surface area contributed by atoms with Crippen LogP contribution in [0.5, 0.6) is 0 Å². The van der Waals surface area contributed by atoms with E-state index in [1.807, 2.05) is 24.3 Å². The molecule has 5 atom stereocenters. The number of hydrogen-bond acceptors (Lipinski definition) is 8. The van der Waals surface area contributed by atoms with Gasteiger partial charge in [0, 0.05) is 50.3 Å². The molecule has 8 nitrogen and oxygen atoms in total. The number of benzene rings is 1. The third-order valence-corrected chi connectivity index (χ3v) is 10.1. The van der Waals surface area contributed by atoms with Crippen molar-refractivity contribution in [1.29, 1.82) is 5.26 Å². The maximum atomic E-state index is 9.78. The van der Waals surface area contributed by atoms with Gasteiger partial charge in [0.15, 0.2) is 0 Å². The number of hydrogen-bond donors (Lipinski definition) is 4. The summed E-state index contributed by atoms with van der Waals surface area (Å²) < 4.78 is 0. The van der Waals surface area contributed by atoms with Crippen LogP contribution in [0.3, 0.4) is 0 Å². The van der Waals surface area contributed by atoms with Crippen LogP contribution in [-0.2, 0) is 6.54 Å². The average Bonchev–Trinajstić information content (AvgIpc) is 2.94. The molecule has 4 N–H and O–H groups in total. The summed E-state index contributed by atoms with van der Waals surface area (Å²) in [6, 6.07) is 10.6. The monoisotopic (exact) mass is 549 g/mol. The van der Waals surface area contributed by atoms with Crippen molar-refractivity contribution in [2.24, 2.45) is 23.2 Å². The highest BCUT2D eigenvalue weighted by molar-refractivity contribution is 6.31. The van der Waals surface area contributed by atoms with Crippen LogP contribution in [0.4, 0.5) is 11.8 Å². The van der Waals surface area contributed by atoms with E-state index in [0.717, 1.165) is 68.9 Å². The largest absolute Gasteiger partial charge is 0.393 e. The molecule has 1 saturated heterocycles. The van der Waals surface area contributed by atoms with Gasteiger partial charge >= 0.3 is 0 Å². The molecule has 1 aliphatic heterocycles. The molecule has 5 aliphatic rings. The number of nitriles is 1. The summed E-state index contributed by atoms with van der Waals surface area (Å²) in [5, 5.41) is 31.0. The molecule has 39 heavy (non-hydrogen) atoms. The Bertz CT molecular complexity index is 1180. The Kier molecular flexibility index (Phi) is 7.95. The lowest BCUT2D eigenvalue weighted by molar-refractivity contribution is -0.0696. The number of piperidine rings is 1.